The van der Waals surface area contributed by atoms with E-state index in [-0.39, 0.29) is 16.1 Å². The first kappa shape index (κ1) is 10.7. The van der Waals surface area contributed by atoms with Crippen molar-refractivity contribution in [3.8, 4) is 6.07 Å². The summed E-state index contributed by atoms with van der Waals surface area (Å²) < 4.78 is 0. The van der Waals surface area contributed by atoms with Crippen molar-refractivity contribution in [3.63, 3.8) is 0 Å². The second-order valence-corrected chi connectivity index (χ2v) is 4.51. The number of thioether (sulfide) groups is 1. The van der Waals surface area contributed by atoms with Crippen molar-refractivity contribution in [1.82, 2.24) is 4.98 Å². The second kappa shape index (κ2) is 4.77. The van der Waals surface area contributed by atoms with Crippen molar-refractivity contribution >= 4 is 16.9 Å². The molecule has 0 aliphatic carbocycles. The fraction of sp³-hybridized carbons (Fsp3) is 0.300. The molecule has 0 spiro atoms. The molecule has 1 aromatic heterocycles. The third kappa shape index (κ3) is 2.57. The summed E-state index contributed by atoms with van der Waals surface area (Å²) in [5, 5.41) is 8.85. The highest BCUT2D eigenvalue weighted by Gasteiger charge is 2.13. The van der Waals surface area contributed by atoms with Crippen LogP contribution in [0.4, 0.5) is 0 Å². The van der Waals surface area contributed by atoms with Crippen molar-refractivity contribution < 1.29 is 4.79 Å². The predicted molar refractivity (Wildman–Crippen MR) is 56.0 cm³/mol. The molecule has 0 aliphatic heterocycles. The Morgan fingerprint density at radius 3 is 2.93 bits per heavy atom. The Morgan fingerprint density at radius 1 is 1.64 bits per heavy atom. The molecule has 0 aromatic carbocycles. The number of carbonyl (C=O) groups is 1. The summed E-state index contributed by atoms with van der Waals surface area (Å²) in [5.74, 6) is 0. The average Bonchev–Trinajstić information content (AvgIpc) is 2.16. The highest BCUT2D eigenvalue weighted by molar-refractivity contribution is 8.14. The van der Waals surface area contributed by atoms with E-state index in [9.17, 15) is 4.79 Å². The third-order valence-corrected chi connectivity index (χ3v) is 2.38. The van der Waals surface area contributed by atoms with Gasteiger partial charge in [0, 0.05) is 11.4 Å². The molecule has 1 rings (SSSR count). The molecular weight excluding hydrogens is 196 g/mol. The van der Waals surface area contributed by atoms with Crippen molar-refractivity contribution in [2.24, 2.45) is 0 Å². The molecular formula is C10H10N2OS. The maximum atomic E-state index is 11.6. The van der Waals surface area contributed by atoms with Gasteiger partial charge in [-0.2, -0.15) is 5.26 Å². The Kier molecular flexibility index (Phi) is 3.66. The number of nitrogens with zero attached hydrogens (tertiary/aromatic N) is 2. The SMILES string of the molecule is CC(C)SC(=O)c1cccnc1C#N. The summed E-state index contributed by atoms with van der Waals surface area (Å²) in [4.78, 5) is 15.4. The van der Waals surface area contributed by atoms with Crippen LogP contribution in [-0.2, 0) is 0 Å². The van der Waals surface area contributed by atoms with Crippen LogP contribution in [0.15, 0.2) is 18.3 Å². The van der Waals surface area contributed by atoms with E-state index in [4.69, 9.17) is 5.26 Å². The molecule has 4 heteroatoms. The van der Waals surface area contributed by atoms with Crippen LogP contribution in [0.2, 0.25) is 0 Å². The van der Waals surface area contributed by atoms with Gasteiger partial charge in [0.2, 0.25) is 5.12 Å². The molecule has 0 amide bonds. The van der Waals surface area contributed by atoms with Crippen LogP contribution in [0.1, 0.15) is 29.9 Å². The maximum absolute atomic E-state index is 11.6. The molecule has 0 atom stereocenters. The monoisotopic (exact) mass is 206 g/mol. The van der Waals surface area contributed by atoms with Gasteiger partial charge in [0.05, 0.1) is 5.56 Å². The van der Waals surface area contributed by atoms with Gasteiger partial charge >= 0.3 is 0 Å². The fourth-order valence-electron chi connectivity index (χ4n) is 0.937. The molecule has 3 nitrogen and oxygen atoms in total. The zero-order valence-corrected chi connectivity index (χ0v) is 8.84. The zero-order chi connectivity index (χ0) is 10.6. The van der Waals surface area contributed by atoms with E-state index in [1.165, 1.54) is 18.0 Å². The molecule has 0 saturated heterocycles. The Balaban J connectivity index is 2.96. The maximum Gasteiger partial charge on any atom is 0.222 e. The second-order valence-electron chi connectivity index (χ2n) is 2.97. The van der Waals surface area contributed by atoms with Gasteiger partial charge in [-0.25, -0.2) is 4.98 Å². The smallest absolute Gasteiger partial charge is 0.222 e. The lowest BCUT2D eigenvalue weighted by atomic mass is 10.2. The molecule has 1 aromatic rings. The van der Waals surface area contributed by atoms with Gasteiger partial charge in [-0.3, -0.25) is 4.79 Å². The first-order valence-corrected chi connectivity index (χ1v) is 5.09. The molecule has 72 valence electrons. The summed E-state index contributed by atoms with van der Waals surface area (Å²) >= 11 is 1.21. The van der Waals surface area contributed by atoms with Crippen LogP contribution in [0.3, 0.4) is 0 Å². The van der Waals surface area contributed by atoms with Gasteiger partial charge in [-0.15, -0.1) is 0 Å². The lowest BCUT2D eigenvalue weighted by molar-refractivity contribution is 0.108. The molecule has 0 fully saturated rings. The Morgan fingerprint density at radius 2 is 2.36 bits per heavy atom. The molecule has 0 unspecified atom stereocenters. The fourth-order valence-corrected chi connectivity index (χ4v) is 1.66. The van der Waals surface area contributed by atoms with E-state index in [1.807, 2.05) is 19.9 Å². The molecule has 1 heterocycles. The minimum Gasteiger partial charge on any atom is -0.281 e. The van der Waals surface area contributed by atoms with Gasteiger partial charge in [0.25, 0.3) is 0 Å². The number of aromatic nitrogens is 1. The summed E-state index contributed by atoms with van der Waals surface area (Å²) in [6.45, 7) is 3.87. The van der Waals surface area contributed by atoms with Crippen LogP contribution in [0.5, 0.6) is 0 Å². The number of hydrogen-bond donors (Lipinski definition) is 0. The van der Waals surface area contributed by atoms with E-state index in [0.717, 1.165) is 0 Å². The summed E-state index contributed by atoms with van der Waals surface area (Å²) in [7, 11) is 0. The molecule has 0 radical (unpaired) electrons. The minimum atomic E-state index is -0.0929. The highest BCUT2D eigenvalue weighted by Crippen LogP contribution is 2.18. The van der Waals surface area contributed by atoms with Crippen molar-refractivity contribution in [1.29, 1.82) is 5.26 Å². The lowest BCUT2D eigenvalue weighted by Gasteiger charge is -2.03. The molecule has 0 bridgehead atoms. The van der Waals surface area contributed by atoms with Gasteiger partial charge < -0.3 is 0 Å². The minimum absolute atomic E-state index is 0.0929. The van der Waals surface area contributed by atoms with Gasteiger partial charge in [-0.1, -0.05) is 25.6 Å². The number of carbonyl (C=O) groups excluding carboxylic acids is 1. The zero-order valence-electron chi connectivity index (χ0n) is 8.02. The van der Waals surface area contributed by atoms with Gasteiger partial charge in [0.1, 0.15) is 6.07 Å². The van der Waals surface area contributed by atoms with E-state index < -0.39 is 0 Å². The van der Waals surface area contributed by atoms with E-state index in [0.29, 0.717) is 5.56 Å². The lowest BCUT2D eigenvalue weighted by Crippen LogP contribution is -2.02. The molecule has 0 N–H and O–H groups in total. The van der Waals surface area contributed by atoms with Crippen LogP contribution in [0.25, 0.3) is 0 Å². The van der Waals surface area contributed by atoms with Crippen LogP contribution >= 0.6 is 11.8 Å². The highest BCUT2D eigenvalue weighted by atomic mass is 32.2. The number of nitriles is 1. The molecule has 0 aliphatic rings. The number of rotatable bonds is 2. The summed E-state index contributed by atoms with van der Waals surface area (Å²) in [5.41, 5.74) is 0.597. The van der Waals surface area contributed by atoms with Gasteiger partial charge in [0.15, 0.2) is 5.69 Å². The number of pyridine rings is 1. The molecule has 0 saturated carbocycles. The third-order valence-electron chi connectivity index (χ3n) is 1.48. The largest absolute Gasteiger partial charge is 0.281 e. The standard InChI is InChI=1S/C10H10N2OS/c1-7(2)14-10(13)8-4-3-5-12-9(8)6-11/h3-5,7H,1-2H3. The summed E-state index contributed by atoms with van der Waals surface area (Å²) in [6.07, 6.45) is 1.51. The Labute approximate surface area is 87.2 Å². The van der Waals surface area contributed by atoms with E-state index in [2.05, 4.69) is 4.98 Å². The summed E-state index contributed by atoms with van der Waals surface area (Å²) in [6, 6.07) is 5.19. The van der Waals surface area contributed by atoms with Crippen LogP contribution < -0.4 is 0 Å². The van der Waals surface area contributed by atoms with Crippen LogP contribution in [-0.4, -0.2) is 15.3 Å². The quantitative estimate of drug-likeness (QED) is 0.744. The average molecular weight is 206 g/mol. The van der Waals surface area contributed by atoms with Crippen molar-refractivity contribution in [3.05, 3.63) is 29.6 Å². The first-order valence-electron chi connectivity index (χ1n) is 4.21. The molecule has 14 heavy (non-hydrogen) atoms. The Hall–Kier alpha value is -1.34. The van der Waals surface area contributed by atoms with E-state index in [1.54, 1.807) is 12.1 Å². The Bertz CT molecular complexity index is 382. The topological polar surface area (TPSA) is 53.8 Å². The van der Waals surface area contributed by atoms with Crippen molar-refractivity contribution in [2.45, 2.75) is 19.1 Å². The normalized spacial score (nSPS) is 9.86. The van der Waals surface area contributed by atoms with Crippen molar-refractivity contribution in [2.75, 3.05) is 0 Å². The predicted octanol–water partition coefficient (Wildman–Crippen LogP) is 2.24. The van der Waals surface area contributed by atoms with Gasteiger partial charge in [-0.05, 0) is 12.1 Å². The number of hydrogen-bond acceptors (Lipinski definition) is 4. The van der Waals surface area contributed by atoms with E-state index >= 15 is 0 Å². The van der Waals surface area contributed by atoms with Crippen LogP contribution in [0, 0.1) is 11.3 Å². The first-order chi connectivity index (χ1) is 6.65.